The van der Waals surface area contributed by atoms with Crippen molar-refractivity contribution in [2.45, 2.75) is 0 Å². The maximum Gasteiger partial charge on any atom is 0.130 e. The largest absolute Gasteiger partial charge is 0.320 e. The lowest BCUT2D eigenvalue weighted by atomic mass is 10.3. The molecule has 0 aliphatic heterocycles. The van der Waals surface area contributed by atoms with Gasteiger partial charge in [-0.1, -0.05) is 23.6 Å². The van der Waals surface area contributed by atoms with Crippen LogP contribution in [0.1, 0.15) is 5.69 Å². The quantitative estimate of drug-likeness (QED) is 0.462. The van der Waals surface area contributed by atoms with Crippen molar-refractivity contribution in [2.75, 3.05) is 6.54 Å². The molecule has 3 heteroatoms. The summed E-state index contributed by atoms with van der Waals surface area (Å²) in [6.45, 7) is 0.341. The Labute approximate surface area is 70.4 Å². The summed E-state index contributed by atoms with van der Waals surface area (Å²) in [7, 11) is 0. The lowest BCUT2D eigenvalue weighted by molar-refractivity contribution is 1.27. The van der Waals surface area contributed by atoms with E-state index < -0.39 is 0 Å². The Bertz CT molecular complexity index is 298. The monoisotopic (exact) mass is 166 g/mol. The first-order chi connectivity index (χ1) is 5.33. The van der Waals surface area contributed by atoms with Gasteiger partial charge in [-0.3, -0.25) is 0 Å². The standard InChI is InChI=1S/C8H7ClN2/c9-8-5-1-3-7(11-8)4-2-6-10/h1,3,5H,6,10H2. The van der Waals surface area contributed by atoms with E-state index >= 15 is 0 Å². The number of nitrogens with two attached hydrogens (primary N) is 1. The van der Waals surface area contributed by atoms with Crippen LogP contribution in [-0.2, 0) is 0 Å². The lowest BCUT2D eigenvalue weighted by Gasteiger charge is -1.88. The third-order valence-electron chi connectivity index (χ3n) is 1.03. The Morgan fingerprint density at radius 1 is 1.55 bits per heavy atom. The molecular formula is C8H7ClN2. The molecule has 11 heavy (non-hydrogen) atoms. The Hall–Kier alpha value is -1.04. The predicted octanol–water partition coefficient (Wildman–Crippen LogP) is 1.05. The minimum absolute atomic E-state index is 0.341. The zero-order chi connectivity index (χ0) is 8.10. The van der Waals surface area contributed by atoms with Gasteiger partial charge in [0.15, 0.2) is 0 Å². The number of hydrogen-bond donors (Lipinski definition) is 1. The van der Waals surface area contributed by atoms with Crippen molar-refractivity contribution in [2.24, 2.45) is 5.73 Å². The molecule has 1 heterocycles. The molecule has 0 aliphatic carbocycles. The SMILES string of the molecule is NCC#Cc1cccc(Cl)n1. The molecule has 0 unspecified atom stereocenters. The molecule has 0 aliphatic rings. The van der Waals surface area contributed by atoms with E-state index in [1.807, 2.05) is 0 Å². The molecule has 0 radical (unpaired) electrons. The number of halogens is 1. The molecule has 0 spiro atoms. The van der Waals surface area contributed by atoms with Crippen molar-refractivity contribution in [3.8, 4) is 11.8 Å². The average molecular weight is 167 g/mol. The van der Waals surface area contributed by atoms with E-state index in [4.69, 9.17) is 17.3 Å². The van der Waals surface area contributed by atoms with Crippen molar-refractivity contribution in [1.29, 1.82) is 0 Å². The summed E-state index contributed by atoms with van der Waals surface area (Å²) < 4.78 is 0. The first kappa shape index (κ1) is 8.06. The molecule has 2 N–H and O–H groups in total. The minimum atomic E-state index is 0.341. The molecule has 0 saturated carbocycles. The van der Waals surface area contributed by atoms with Crippen LogP contribution in [0.5, 0.6) is 0 Å². The van der Waals surface area contributed by atoms with Crippen LogP contribution in [0, 0.1) is 11.8 Å². The van der Waals surface area contributed by atoms with Gasteiger partial charge in [-0.15, -0.1) is 0 Å². The van der Waals surface area contributed by atoms with Gasteiger partial charge in [-0.25, -0.2) is 4.98 Å². The first-order valence-corrected chi connectivity index (χ1v) is 3.52. The van der Waals surface area contributed by atoms with Crippen LogP contribution in [0.3, 0.4) is 0 Å². The summed E-state index contributed by atoms with van der Waals surface area (Å²) in [5, 5.41) is 0.453. The zero-order valence-corrected chi connectivity index (χ0v) is 6.60. The Balaban J connectivity index is 2.87. The van der Waals surface area contributed by atoms with Crippen LogP contribution in [0.15, 0.2) is 18.2 Å². The Kier molecular flexibility index (Phi) is 2.91. The van der Waals surface area contributed by atoms with Gasteiger partial charge in [0.2, 0.25) is 0 Å². The van der Waals surface area contributed by atoms with Gasteiger partial charge >= 0.3 is 0 Å². The van der Waals surface area contributed by atoms with Gasteiger partial charge in [0, 0.05) is 0 Å². The average Bonchev–Trinajstić information content (AvgIpc) is 2.01. The molecule has 1 aromatic rings. The zero-order valence-electron chi connectivity index (χ0n) is 5.84. The normalized spacial score (nSPS) is 8.55. The van der Waals surface area contributed by atoms with Gasteiger partial charge in [-0.2, -0.15) is 0 Å². The highest BCUT2D eigenvalue weighted by Crippen LogP contribution is 2.03. The number of nitrogens with zero attached hydrogens (tertiary/aromatic N) is 1. The van der Waals surface area contributed by atoms with Crippen LogP contribution in [0.25, 0.3) is 0 Å². The number of aromatic nitrogens is 1. The Morgan fingerprint density at radius 2 is 2.36 bits per heavy atom. The number of hydrogen-bond acceptors (Lipinski definition) is 2. The fourth-order valence-electron chi connectivity index (χ4n) is 0.619. The summed E-state index contributed by atoms with van der Waals surface area (Å²) in [6.07, 6.45) is 0. The van der Waals surface area contributed by atoms with E-state index in [-0.39, 0.29) is 0 Å². The van der Waals surface area contributed by atoms with Crippen LogP contribution in [-0.4, -0.2) is 11.5 Å². The third-order valence-corrected chi connectivity index (χ3v) is 1.24. The predicted molar refractivity (Wildman–Crippen MR) is 45.2 cm³/mol. The summed E-state index contributed by atoms with van der Waals surface area (Å²) in [5.41, 5.74) is 5.84. The van der Waals surface area contributed by atoms with E-state index in [0.29, 0.717) is 17.4 Å². The maximum absolute atomic E-state index is 5.61. The highest BCUT2D eigenvalue weighted by Gasteiger charge is 1.88. The molecule has 0 atom stereocenters. The molecule has 56 valence electrons. The molecule has 0 saturated heterocycles. The van der Waals surface area contributed by atoms with Crippen molar-refractivity contribution in [3.63, 3.8) is 0 Å². The van der Waals surface area contributed by atoms with Crippen LogP contribution in [0.4, 0.5) is 0 Å². The minimum Gasteiger partial charge on any atom is -0.320 e. The maximum atomic E-state index is 5.61. The summed E-state index contributed by atoms with van der Waals surface area (Å²) in [5.74, 6) is 5.46. The molecule has 1 aromatic heterocycles. The van der Waals surface area contributed by atoms with Gasteiger partial charge in [-0.05, 0) is 18.1 Å². The van der Waals surface area contributed by atoms with Crippen molar-refractivity contribution in [1.82, 2.24) is 4.98 Å². The fourth-order valence-corrected chi connectivity index (χ4v) is 0.783. The molecule has 2 nitrogen and oxygen atoms in total. The highest BCUT2D eigenvalue weighted by molar-refractivity contribution is 6.29. The van der Waals surface area contributed by atoms with Gasteiger partial charge < -0.3 is 5.73 Å². The highest BCUT2D eigenvalue weighted by atomic mass is 35.5. The van der Waals surface area contributed by atoms with Crippen molar-refractivity contribution in [3.05, 3.63) is 29.0 Å². The molecule has 0 amide bonds. The topological polar surface area (TPSA) is 38.9 Å². The van der Waals surface area contributed by atoms with E-state index in [1.165, 1.54) is 0 Å². The van der Waals surface area contributed by atoms with E-state index in [9.17, 15) is 0 Å². The first-order valence-electron chi connectivity index (χ1n) is 3.14. The summed E-state index contributed by atoms with van der Waals surface area (Å²) in [6, 6.07) is 5.29. The van der Waals surface area contributed by atoms with E-state index in [1.54, 1.807) is 18.2 Å². The second kappa shape index (κ2) is 3.97. The van der Waals surface area contributed by atoms with Crippen LogP contribution in [0.2, 0.25) is 5.15 Å². The second-order valence-electron chi connectivity index (χ2n) is 1.85. The molecule has 0 fully saturated rings. The second-order valence-corrected chi connectivity index (χ2v) is 2.24. The molecule has 1 rings (SSSR count). The third kappa shape index (κ3) is 2.58. The van der Waals surface area contributed by atoms with Crippen molar-refractivity contribution < 1.29 is 0 Å². The lowest BCUT2D eigenvalue weighted by Crippen LogP contribution is -1.93. The Morgan fingerprint density at radius 3 is 3.00 bits per heavy atom. The van der Waals surface area contributed by atoms with Gasteiger partial charge in [0.05, 0.1) is 6.54 Å². The van der Waals surface area contributed by atoms with E-state index in [2.05, 4.69) is 16.8 Å². The van der Waals surface area contributed by atoms with Gasteiger partial charge in [0.1, 0.15) is 10.8 Å². The smallest absolute Gasteiger partial charge is 0.130 e. The molecule has 0 bridgehead atoms. The molecular weight excluding hydrogens is 160 g/mol. The molecule has 0 aromatic carbocycles. The summed E-state index contributed by atoms with van der Waals surface area (Å²) >= 11 is 5.61. The van der Waals surface area contributed by atoms with Crippen LogP contribution < -0.4 is 5.73 Å². The number of rotatable bonds is 0. The summed E-state index contributed by atoms with van der Waals surface area (Å²) in [4.78, 5) is 3.95. The number of pyridine rings is 1. The van der Waals surface area contributed by atoms with Crippen LogP contribution >= 0.6 is 11.6 Å². The van der Waals surface area contributed by atoms with Gasteiger partial charge in [0.25, 0.3) is 0 Å². The fraction of sp³-hybridized carbons (Fsp3) is 0.125. The van der Waals surface area contributed by atoms with Crippen molar-refractivity contribution >= 4 is 11.6 Å². The van der Waals surface area contributed by atoms with E-state index in [0.717, 1.165) is 0 Å².